The first kappa shape index (κ1) is 11.1. The Labute approximate surface area is 77.6 Å². The fourth-order valence-corrected chi connectivity index (χ4v) is 2.35. The number of rotatable bonds is 3. The summed E-state index contributed by atoms with van der Waals surface area (Å²) >= 11 is 0. The average Bonchev–Trinajstić information content (AvgIpc) is 2.12. The summed E-state index contributed by atoms with van der Waals surface area (Å²) in [6, 6.07) is 0. The van der Waals surface area contributed by atoms with Gasteiger partial charge in [-0.15, -0.1) is 0 Å². The van der Waals surface area contributed by atoms with Gasteiger partial charge in [0.1, 0.15) is 0 Å². The number of hydrogen-bond acceptors (Lipinski definition) is 5. The van der Waals surface area contributed by atoms with E-state index in [1.165, 1.54) is 0 Å². The van der Waals surface area contributed by atoms with Crippen LogP contribution < -0.4 is 0 Å². The second-order valence-corrected chi connectivity index (χ2v) is 5.05. The van der Waals surface area contributed by atoms with Crippen LogP contribution in [-0.4, -0.2) is 31.5 Å². The van der Waals surface area contributed by atoms with Crippen LogP contribution in [0, 0.1) is 5.41 Å². The molecule has 1 aliphatic rings. The molecule has 0 atom stereocenters. The monoisotopic (exact) mass is 210 g/mol. The van der Waals surface area contributed by atoms with E-state index in [0.29, 0.717) is 0 Å². The molecular formula is C7H15O5P. The van der Waals surface area contributed by atoms with Crippen LogP contribution >= 0.6 is 7.82 Å². The molecule has 5 nitrogen and oxygen atoms in total. The first-order chi connectivity index (χ1) is 6.04. The van der Waals surface area contributed by atoms with Crippen LogP contribution in [0.1, 0.15) is 13.8 Å². The van der Waals surface area contributed by atoms with Crippen molar-refractivity contribution in [3.8, 4) is 0 Å². The predicted molar refractivity (Wildman–Crippen MR) is 46.3 cm³/mol. The molecule has 0 aliphatic carbocycles. The summed E-state index contributed by atoms with van der Waals surface area (Å²) in [4.78, 5) is 0. The Kier molecular flexibility index (Phi) is 3.49. The quantitative estimate of drug-likeness (QED) is 0.708. The Bertz CT molecular complexity index is 205. The summed E-state index contributed by atoms with van der Waals surface area (Å²) in [5.41, 5.74) is -0.467. The van der Waals surface area contributed by atoms with Gasteiger partial charge in [0.15, 0.2) is 0 Å². The molecule has 0 radical (unpaired) electrons. The second kappa shape index (κ2) is 4.07. The summed E-state index contributed by atoms with van der Waals surface area (Å²) in [7, 11) is -3.32. The lowest BCUT2D eigenvalue weighted by atomic mass is 9.95. The van der Waals surface area contributed by atoms with Crippen LogP contribution in [0.25, 0.3) is 0 Å². The molecule has 1 rings (SSSR count). The largest absolute Gasteiger partial charge is 0.474 e. The molecule has 1 N–H and O–H groups in total. The van der Waals surface area contributed by atoms with Gasteiger partial charge in [-0.1, -0.05) is 6.92 Å². The lowest BCUT2D eigenvalue weighted by Crippen LogP contribution is -2.36. The van der Waals surface area contributed by atoms with E-state index < -0.39 is 13.2 Å². The third-order valence-electron chi connectivity index (χ3n) is 1.81. The van der Waals surface area contributed by atoms with E-state index in [2.05, 4.69) is 0 Å². The number of phosphoric acid groups is 1. The summed E-state index contributed by atoms with van der Waals surface area (Å²) < 4.78 is 26.3. The minimum absolute atomic E-state index is 0.0564. The molecule has 0 amide bonds. The highest BCUT2D eigenvalue weighted by atomic mass is 31.2. The Morgan fingerprint density at radius 3 is 2.46 bits per heavy atom. The maximum Gasteiger partial charge on any atom is 0.474 e. The number of hydrogen-bond donors (Lipinski definition) is 1. The molecule has 0 bridgehead atoms. The molecule has 1 heterocycles. The third kappa shape index (κ3) is 2.76. The van der Waals surface area contributed by atoms with Crippen molar-refractivity contribution < 1.29 is 23.2 Å². The molecule has 1 aliphatic heterocycles. The van der Waals surface area contributed by atoms with Crippen molar-refractivity contribution in [2.24, 2.45) is 5.41 Å². The maximum absolute atomic E-state index is 11.5. The van der Waals surface area contributed by atoms with Crippen molar-refractivity contribution >= 4 is 7.82 Å². The molecule has 78 valence electrons. The van der Waals surface area contributed by atoms with Crippen LogP contribution in [0.5, 0.6) is 0 Å². The summed E-state index contributed by atoms with van der Waals surface area (Å²) in [6.45, 7) is 4.13. The Morgan fingerprint density at radius 2 is 2.08 bits per heavy atom. The van der Waals surface area contributed by atoms with Gasteiger partial charge < -0.3 is 5.11 Å². The van der Waals surface area contributed by atoms with Gasteiger partial charge in [-0.2, -0.15) is 0 Å². The van der Waals surface area contributed by atoms with E-state index in [1.54, 1.807) is 13.8 Å². The highest BCUT2D eigenvalue weighted by molar-refractivity contribution is 7.48. The van der Waals surface area contributed by atoms with Gasteiger partial charge in [0.25, 0.3) is 0 Å². The molecule has 6 heteroatoms. The van der Waals surface area contributed by atoms with Crippen molar-refractivity contribution in [3.63, 3.8) is 0 Å². The van der Waals surface area contributed by atoms with Gasteiger partial charge >= 0.3 is 7.82 Å². The van der Waals surface area contributed by atoms with Crippen LogP contribution in [0.4, 0.5) is 0 Å². The van der Waals surface area contributed by atoms with E-state index in [0.717, 1.165) is 0 Å². The second-order valence-electron chi connectivity index (χ2n) is 3.38. The van der Waals surface area contributed by atoms with Gasteiger partial charge in [0.2, 0.25) is 0 Å². The fourth-order valence-electron chi connectivity index (χ4n) is 0.873. The highest BCUT2D eigenvalue weighted by Gasteiger charge is 2.39. The lowest BCUT2D eigenvalue weighted by molar-refractivity contribution is -0.0333. The molecule has 0 aromatic heterocycles. The smallest absolute Gasteiger partial charge is 0.396 e. The standard InChI is InChI=1S/C7H15O5P/c1-3-10-13(9)11-5-7(2,4-8)6-12-13/h8H,3-6H2,1-2H3. The molecule has 0 spiro atoms. The lowest BCUT2D eigenvalue weighted by Gasteiger charge is -2.34. The molecule has 1 fully saturated rings. The van der Waals surface area contributed by atoms with Gasteiger partial charge in [-0.05, 0) is 6.92 Å². The van der Waals surface area contributed by atoms with E-state index in [9.17, 15) is 4.57 Å². The first-order valence-corrected chi connectivity index (χ1v) is 5.64. The van der Waals surface area contributed by atoms with E-state index in [4.69, 9.17) is 18.7 Å². The Morgan fingerprint density at radius 1 is 1.54 bits per heavy atom. The van der Waals surface area contributed by atoms with Crippen LogP contribution in [0.15, 0.2) is 0 Å². The molecule has 0 aromatic rings. The first-order valence-electron chi connectivity index (χ1n) is 4.18. The van der Waals surface area contributed by atoms with Gasteiger partial charge in [0.05, 0.1) is 26.4 Å². The molecule has 0 saturated carbocycles. The molecule has 13 heavy (non-hydrogen) atoms. The van der Waals surface area contributed by atoms with Crippen molar-refractivity contribution in [2.45, 2.75) is 13.8 Å². The highest BCUT2D eigenvalue weighted by Crippen LogP contribution is 2.54. The summed E-state index contributed by atoms with van der Waals surface area (Å²) in [6.07, 6.45) is 0. The van der Waals surface area contributed by atoms with Crippen molar-refractivity contribution in [3.05, 3.63) is 0 Å². The van der Waals surface area contributed by atoms with Crippen molar-refractivity contribution in [1.29, 1.82) is 0 Å². The summed E-state index contributed by atoms with van der Waals surface area (Å²) in [5.74, 6) is 0. The van der Waals surface area contributed by atoms with Crippen LogP contribution in [-0.2, 0) is 18.1 Å². The minimum atomic E-state index is -3.32. The van der Waals surface area contributed by atoms with Crippen LogP contribution in [0.3, 0.4) is 0 Å². The topological polar surface area (TPSA) is 65.0 Å². The Balaban J connectivity index is 2.51. The zero-order chi connectivity index (χ0) is 9.95. The fraction of sp³-hybridized carbons (Fsp3) is 1.00. The maximum atomic E-state index is 11.5. The number of aliphatic hydroxyl groups is 1. The van der Waals surface area contributed by atoms with E-state index in [1.807, 2.05) is 0 Å². The average molecular weight is 210 g/mol. The SMILES string of the molecule is CCOP1(=O)OCC(C)(CO)CO1. The van der Waals surface area contributed by atoms with E-state index in [-0.39, 0.29) is 26.4 Å². The minimum Gasteiger partial charge on any atom is -0.396 e. The van der Waals surface area contributed by atoms with E-state index >= 15 is 0 Å². The van der Waals surface area contributed by atoms with Crippen molar-refractivity contribution in [2.75, 3.05) is 26.4 Å². The molecule has 1 saturated heterocycles. The van der Waals surface area contributed by atoms with Crippen LogP contribution in [0.2, 0.25) is 0 Å². The normalized spacial score (nSPS) is 40.5. The predicted octanol–water partition coefficient (Wildman–Crippen LogP) is 1.18. The zero-order valence-electron chi connectivity index (χ0n) is 7.86. The van der Waals surface area contributed by atoms with Gasteiger partial charge in [-0.25, -0.2) is 4.57 Å². The van der Waals surface area contributed by atoms with Gasteiger partial charge in [0, 0.05) is 5.41 Å². The molecular weight excluding hydrogens is 195 g/mol. The van der Waals surface area contributed by atoms with Gasteiger partial charge in [-0.3, -0.25) is 13.6 Å². The zero-order valence-corrected chi connectivity index (χ0v) is 8.75. The number of aliphatic hydroxyl groups excluding tert-OH is 1. The third-order valence-corrected chi connectivity index (χ3v) is 3.28. The molecule has 0 aromatic carbocycles. The summed E-state index contributed by atoms with van der Waals surface area (Å²) in [5, 5.41) is 8.96. The number of phosphoric ester groups is 1. The van der Waals surface area contributed by atoms with Crippen molar-refractivity contribution in [1.82, 2.24) is 0 Å². The Hall–Kier alpha value is 0.0700. The molecule has 0 unspecified atom stereocenters.